The fourth-order valence-corrected chi connectivity index (χ4v) is 1.42. The fraction of sp³-hybridized carbons (Fsp3) is 0.385. The predicted molar refractivity (Wildman–Crippen MR) is 71.0 cm³/mol. The molecule has 18 heavy (non-hydrogen) atoms. The highest BCUT2D eigenvalue weighted by Crippen LogP contribution is 2.27. The van der Waals surface area contributed by atoms with E-state index < -0.39 is 4.92 Å². The van der Waals surface area contributed by atoms with Gasteiger partial charge in [-0.3, -0.25) is 10.1 Å². The standard InChI is InChI=1S/C13H18N2O3/c1-4-14-8-11(3)9-18-13-7-10(2)5-6-12(13)15(16)17/h5-7,14H,3-4,8-9H2,1-2H3. The molecule has 0 heterocycles. The summed E-state index contributed by atoms with van der Waals surface area (Å²) in [6.07, 6.45) is 0. The quantitative estimate of drug-likeness (QED) is 0.458. The number of rotatable bonds is 7. The molecular weight excluding hydrogens is 232 g/mol. The molecule has 0 atom stereocenters. The van der Waals surface area contributed by atoms with Crippen LogP contribution in [0.3, 0.4) is 0 Å². The second-order valence-corrected chi connectivity index (χ2v) is 4.05. The van der Waals surface area contributed by atoms with Gasteiger partial charge in [-0.05, 0) is 30.7 Å². The maximum absolute atomic E-state index is 10.8. The molecule has 0 bridgehead atoms. The average molecular weight is 250 g/mol. The third-order valence-electron chi connectivity index (χ3n) is 2.37. The van der Waals surface area contributed by atoms with Crippen LogP contribution in [0.2, 0.25) is 0 Å². The van der Waals surface area contributed by atoms with Gasteiger partial charge >= 0.3 is 5.69 Å². The molecule has 0 unspecified atom stereocenters. The van der Waals surface area contributed by atoms with Gasteiger partial charge in [0.15, 0.2) is 5.75 Å². The third-order valence-corrected chi connectivity index (χ3v) is 2.37. The Morgan fingerprint density at radius 3 is 2.89 bits per heavy atom. The van der Waals surface area contributed by atoms with Crippen molar-refractivity contribution in [1.29, 1.82) is 0 Å². The highest BCUT2D eigenvalue weighted by molar-refractivity contribution is 5.48. The van der Waals surface area contributed by atoms with E-state index in [0.29, 0.717) is 6.54 Å². The van der Waals surface area contributed by atoms with Crippen molar-refractivity contribution in [2.75, 3.05) is 19.7 Å². The van der Waals surface area contributed by atoms with Crippen LogP contribution in [-0.2, 0) is 0 Å². The molecule has 1 N–H and O–H groups in total. The smallest absolute Gasteiger partial charge is 0.310 e. The maximum Gasteiger partial charge on any atom is 0.310 e. The number of likely N-dealkylation sites (N-methyl/N-ethyl adjacent to an activating group) is 1. The minimum atomic E-state index is -0.443. The summed E-state index contributed by atoms with van der Waals surface area (Å²) in [5, 5.41) is 14.0. The highest BCUT2D eigenvalue weighted by Gasteiger charge is 2.14. The van der Waals surface area contributed by atoms with Crippen molar-refractivity contribution in [2.45, 2.75) is 13.8 Å². The van der Waals surface area contributed by atoms with Crippen LogP contribution in [0.1, 0.15) is 12.5 Å². The van der Waals surface area contributed by atoms with Crippen molar-refractivity contribution in [3.05, 3.63) is 46.0 Å². The van der Waals surface area contributed by atoms with E-state index in [9.17, 15) is 10.1 Å². The van der Waals surface area contributed by atoms with Gasteiger partial charge in [0.2, 0.25) is 0 Å². The first-order valence-corrected chi connectivity index (χ1v) is 5.79. The van der Waals surface area contributed by atoms with Crippen molar-refractivity contribution in [3.8, 4) is 5.75 Å². The number of nitro benzene ring substituents is 1. The number of aryl methyl sites for hydroxylation is 1. The van der Waals surface area contributed by atoms with E-state index in [1.54, 1.807) is 12.1 Å². The lowest BCUT2D eigenvalue weighted by atomic mass is 10.2. The molecular formula is C13H18N2O3. The van der Waals surface area contributed by atoms with Crippen molar-refractivity contribution in [3.63, 3.8) is 0 Å². The molecule has 1 rings (SSSR count). The topological polar surface area (TPSA) is 64.4 Å². The van der Waals surface area contributed by atoms with E-state index in [-0.39, 0.29) is 18.0 Å². The number of nitro groups is 1. The Kier molecular flexibility index (Phi) is 5.32. The molecule has 0 aromatic heterocycles. The van der Waals surface area contributed by atoms with E-state index in [0.717, 1.165) is 17.7 Å². The first-order valence-electron chi connectivity index (χ1n) is 5.79. The van der Waals surface area contributed by atoms with Crippen molar-refractivity contribution >= 4 is 5.69 Å². The predicted octanol–water partition coefficient (Wildman–Crippen LogP) is 2.45. The van der Waals surface area contributed by atoms with E-state index in [4.69, 9.17) is 4.74 Å². The normalized spacial score (nSPS) is 10.1. The summed E-state index contributed by atoms with van der Waals surface area (Å²) >= 11 is 0. The lowest BCUT2D eigenvalue weighted by Gasteiger charge is -2.09. The van der Waals surface area contributed by atoms with Crippen molar-refractivity contribution in [1.82, 2.24) is 5.32 Å². The van der Waals surface area contributed by atoms with Gasteiger partial charge in [-0.15, -0.1) is 0 Å². The number of hydrogen-bond acceptors (Lipinski definition) is 4. The van der Waals surface area contributed by atoms with Crippen LogP contribution >= 0.6 is 0 Å². The minimum absolute atomic E-state index is 0.0168. The molecule has 0 saturated heterocycles. The molecule has 0 saturated carbocycles. The summed E-state index contributed by atoms with van der Waals surface area (Å²) < 4.78 is 5.46. The second-order valence-electron chi connectivity index (χ2n) is 4.05. The summed E-state index contributed by atoms with van der Waals surface area (Å²) in [5.74, 6) is 0.289. The summed E-state index contributed by atoms with van der Waals surface area (Å²) in [7, 11) is 0. The van der Waals surface area contributed by atoms with Gasteiger partial charge in [0.1, 0.15) is 6.61 Å². The van der Waals surface area contributed by atoms with Crippen LogP contribution in [0.15, 0.2) is 30.4 Å². The highest BCUT2D eigenvalue weighted by atomic mass is 16.6. The number of nitrogens with zero attached hydrogens (tertiary/aromatic N) is 1. The minimum Gasteiger partial charge on any atom is -0.482 e. The largest absolute Gasteiger partial charge is 0.482 e. The summed E-state index contributed by atoms with van der Waals surface area (Å²) in [6.45, 7) is 9.49. The Balaban J connectivity index is 2.68. The Labute approximate surface area is 107 Å². The van der Waals surface area contributed by atoms with E-state index >= 15 is 0 Å². The Hall–Kier alpha value is -1.88. The number of benzene rings is 1. The molecule has 5 heteroatoms. The molecule has 0 radical (unpaired) electrons. The van der Waals surface area contributed by atoms with Crippen LogP contribution in [0, 0.1) is 17.0 Å². The van der Waals surface area contributed by atoms with Crippen LogP contribution < -0.4 is 10.1 Å². The summed E-state index contributed by atoms with van der Waals surface area (Å²) in [5.41, 5.74) is 1.76. The molecule has 98 valence electrons. The molecule has 1 aromatic rings. The van der Waals surface area contributed by atoms with E-state index in [1.165, 1.54) is 6.07 Å². The van der Waals surface area contributed by atoms with Crippen LogP contribution in [0.4, 0.5) is 5.69 Å². The lowest BCUT2D eigenvalue weighted by molar-refractivity contribution is -0.385. The van der Waals surface area contributed by atoms with Crippen molar-refractivity contribution in [2.24, 2.45) is 0 Å². The zero-order chi connectivity index (χ0) is 13.5. The van der Waals surface area contributed by atoms with E-state index in [1.807, 2.05) is 13.8 Å². The number of hydrogen-bond donors (Lipinski definition) is 1. The molecule has 0 aliphatic rings. The van der Waals surface area contributed by atoms with E-state index in [2.05, 4.69) is 11.9 Å². The molecule has 0 fully saturated rings. The molecule has 0 aliphatic heterocycles. The molecule has 0 spiro atoms. The SMILES string of the molecule is C=C(CNCC)COc1cc(C)ccc1[N+](=O)[O-]. The summed E-state index contributed by atoms with van der Waals surface area (Å²) in [4.78, 5) is 10.4. The number of nitrogens with one attached hydrogen (secondary N) is 1. The van der Waals surface area contributed by atoms with Gasteiger partial charge in [0, 0.05) is 12.6 Å². The zero-order valence-corrected chi connectivity index (χ0v) is 10.7. The van der Waals surface area contributed by atoms with Crippen LogP contribution in [-0.4, -0.2) is 24.6 Å². The molecule has 0 aliphatic carbocycles. The Bertz CT molecular complexity index is 444. The zero-order valence-electron chi connectivity index (χ0n) is 10.7. The van der Waals surface area contributed by atoms with Gasteiger partial charge in [-0.25, -0.2) is 0 Å². The van der Waals surface area contributed by atoms with Crippen molar-refractivity contribution < 1.29 is 9.66 Å². The third kappa shape index (κ3) is 4.18. The fourth-order valence-electron chi connectivity index (χ4n) is 1.42. The van der Waals surface area contributed by atoms with Gasteiger partial charge < -0.3 is 10.1 Å². The maximum atomic E-state index is 10.8. The first-order chi connectivity index (χ1) is 8.54. The molecule has 5 nitrogen and oxygen atoms in total. The Morgan fingerprint density at radius 1 is 1.56 bits per heavy atom. The lowest BCUT2D eigenvalue weighted by Crippen LogP contribution is -2.19. The summed E-state index contributed by atoms with van der Waals surface area (Å²) in [6, 6.07) is 4.81. The number of ether oxygens (including phenoxy) is 1. The Morgan fingerprint density at radius 2 is 2.28 bits per heavy atom. The van der Waals surface area contributed by atoms with Gasteiger partial charge in [-0.2, -0.15) is 0 Å². The average Bonchev–Trinajstić information content (AvgIpc) is 2.33. The monoisotopic (exact) mass is 250 g/mol. The van der Waals surface area contributed by atoms with Crippen LogP contribution in [0.5, 0.6) is 5.75 Å². The van der Waals surface area contributed by atoms with Gasteiger partial charge in [0.25, 0.3) is 0 Å². The van der Waals surface area contributed by atoms with Crippen LogP contribution in [0.25, 0.3) is 0 Å². The van der Waals surface area contributed by atoms with Gasteiger partial charge in [-0.1, -0.05) is 19.6 Å². The molecule has 0 amide bonds. The van der Waals surface area contributed by atoms with Gasteiger partial charge in [0.05, 0.1) is 4.92 Å². The molecule has 1 aromatic carbocycles. The first kappa shape index (κ1) is 14.2. The second kappa shape index (κ2) is 6.76.